The molecule has 0 saturated heterocycles. The predicted octanol–water partition coefficient (Wildman–Crippen LogP) is 1.27. The van der Waals surface area contributed by atoms with Crippen LogP contribution < -0.4 is 0 Å². The van der Waals surface area contributed by atoms with Crippen LogP contribution in [-0.2, 0) is 0 Å². The number of hydrogen-bond donors (Lipinski definition) is 2. The maximum absolute atomic E-state index is 10.6. The van der Waals surface area contributed by atoms with E-state index in [1.54, 1.807) is 6.07 Å². The lowest BCUT2D eigenvalue weighted by Gasteiger charge is -1.95. The molecular weight excluding hydrogens is 172 g/mol. The summed E-state index contributed by atoms with van der Waals surface area (Å²) >= 11 is 0. The molecule has 5 nitrogen and oxygen atoms in total. The summed E-state index contributed by atoms with van der Waals surface area (Å²) < 4.78 is 0.815. The van der Waals surface area contributed by atoms with E-state index in [0.717, 1.165) is 4.68 Å². The molecule has 2 N–H and O–H groups in total. The van der Waals surface area contributed by atoms with Crippen molar-refractivity contribution in [3.8, 4) is 5.75 Å². The highest BCUT2D eigenvalue weighted by Gasteiger charge is 2.08. The first-order valence-electron chi connectivity index (χ1n) is 3.58. The SMILES string of the molecule is O=C(O)n1ncc2ccc(O)cc21. The van der Waals surface area contributed by atoms with Gasteiger partial charge in [-0.05, 0) is 12.1 Å². The number of benzene rings is 1. The second-order valence-electron chi connectivity index (χ2n) is 2.58. The zero-order valence-corrected chi connectivity index (χ0v) is 6.51. The van der Waals surface area contributed by atoms with Gasteiger partial charge in [0.25, 0.3) is 0 Å². The normalized spacial score (nSPS) is 10.5. The van der Waals surface area contributed by atoms with Crippen LogP contribution in [0.2, 0.25) is 0 Å². The quantitative estimate of drug-likeness (QED) is 0.636. The first-order valence-corrected chi connectivity index (χ1v) is 3.58. The van der Waals surface area contributed by atoms with Crippen LogP contribution in [-0.4, -0.2) is 26.1 Å². The number of rotatable bonds is 0. The summed E-state index contributed by atoms with van der Waals surface area (Å²) in [5.41, 5.74) is 0.382. The van der Waals surface area contributed by atoms with Crippen molar-refractivity contribution < 1.29 is 15.0 Å². The minimum absolute atomic E-state index is 0.0236. The summed E-state index contributed by atoms with van der Waals surface area (Å²) in [4.78, 5) is 10.6. The maximum atomic E-state index is 10.6. The Morgan fingerprint density at radius 2 is 2.23 bits per heavy atom. The molecule has 0 aliphatic heterocycles. The Morgan fingerprint density at radius 1 is 1.46 bits per heavy atom. The van der Waals surface area contributed by atoms with Gasteiger partial charge < -0.3 is 10.2 Å². The van der Waals surface area contributed by atoms with Crippen LogP contribution >= 0.6 is 0 Å². The van der Waals surface area contributed by atoms with Crippen LogP contribution in [0.1, 0.15) is 0 Å². The van der Waals surface area contributed by atoms with Crippen molar-refractivity contribution >= 4 is 17.0 Å². The van der Waals surface area contributed by atoms with Crippen LogP contribution in [0.15, 0.2) is 24.4 Å². The number of fused-ring (bicyclic) bond motifs is 1. The summed E-state index contributed by atoms with van der Waals surface area (Å²) in [6, 6.07) is 4.45. The molecule has 0 bridgehead atoms. The molecule has 2 aromatic rings. The van der Waals surface area contributed by atoms with E-state index in [4.69, 9.17) is 10.2 Å². The molecule has 0 aliphatic rings. The van der Waals surface area contributed by atoms with E-state index in [1.165, 1.54) is 18.3 Å². The van der Waals surface area contributed by atoms with Crippen molar-refractivity contribution in [2.45, 2.75) is 0 Å². The topological polar surface area (TPSA) is 75.3 Å². The van der Waals surface area contributed by atoms with E-state index in [1.807, 2.05) is 0 Å². The van der Waals surface area contributed by atoms with Crippen molar-refractivity contribution in [3.05, 3.63) is 24.4 Å². The van der Waals surface area contributed by atoms with E-state index in [9.17, 15) is 4.79 Å². The number of aromatic hydroxyl groups is 1. The van der Waals surface area contributed by atoms with E-state index >= 15 is 0 Å². The maximum Gasteiger partial charge on any atom is 0.432 e. The lowest BCUT2D eigenvalue weighted by molar-refractivity contribution is 0.194. The number of carbonyl (C=O) groups is 1. The van der Waals surface area contributed by atoms with Gasteiger partial charge in [0.1, 0.15) is 5.75 Å². The zero-order chi connectivity index (χ0) is 9.42. The van der Waals surface area contributed by atoms with Crippen LogP contribution in [0.3, 0.4) is 0 Å². The Kier molecular flexibility index (Phi) is 1.45. The van der Waals surface area contributed by atoms with Gasteiger partial charge in [0.05, 0.1) is 11.7 Å². The molecule has 0 saturated carbocycles. The third-order valence-electron chi connectivity index (χ3n) is 1.74. The van der Waals surface area contributed by atoms with Gasteiger partial charge in [-0.15, -0.1) is 0 Å². The summed E-state index contributed by atoms with van der Waals surface area (Å²) in [5, 5.41) is 22.1. The lowest BCUT2D eigenvalue weighted by atomic mass is 10.2. The largest absolute Gasteiger partial charge is 0.508 e. The standard InChI is InChI=1S/C8H6N2O3/c11-6-2-1-5-4-9-10(8(12)13)7(5)3-6/h1-4,11H,(H,12,13). The van der Waals surface area contributed by atoms with Gasteiger partial charge in [0, 0.05) is 11.5 Å². The molecule has 0 fully saturated rings. The van der Waals surface area contributed by atoms with E-state index in [0.29, 0.717) is 10.9 Å². The fourth-order valence-corrected chi connectivity index (χ4v) is 1.16. The second kappa shape index (κ2) is 2.48. The van der Waals surface area contributed by atoms with Crippen LogP contribution in [0.4, 0.5) is 4.79 Å². The number of hydrogen-bond acceptors (Lipinski definition) is 3. The van der Waals surface area contributed by atoms with Crippen LogP contribution in [0.25, 0.3) is 10.9 Å². The average molecular weight is 178 g/mol. The van der Waals surface area contributed by atoms with E-state index in [-0.39, 0.29) is 5.75 Å². The highest BCUT2D eigenvalue weighted by molar-refractivity contribution is 5.87. The van der Waals surface area contributed by atoms with Gasteiger partial charge in [-0.25, -0.2) is 4.79 Å². The summed E-state index contributed by atoms with van der Waals surface area (Å²) in [6.45, 7) is 0. The first kappa shape index (κ1) is 7.60. The third-order valence-corrected chi connectivity index (χ3v) is 1.74. The van der Waals surface area contributed by atoms with E-state index in [2.05, 4.69) is 5.10 Å². The van der Waals surface area contributed by atoms with Crippen LogP contribution in [0.5, 0.6) is 5.75 Å². The highest BCUT2D eigenvalue weighted by atomic mass is 16.4. The fraction of sp³-hybridized carbons (Fsp3) is 0. The molecule has 0 amide bonds. The summed E-state index contributed by atoms with van der Waals surface area (Å²) in [5.74, 6) is 0.0236. The molecule has 1 aromatic heterocycles. The Morgan fingerprint density at radius 3 is 2.92 bits per heavy atom. The Balaban J connectivity index is 2.79. The van der Waals surface area contributed by atoms with Crippen molar-refractivity contribution in [2.75, 3.05) is 0 Å². The van der Waals surface area contributed by atoms with Gasteiger partial charge in [0.15, 0.2) is 0 Å². The number of phenols is 1. The molecular formula is C8H6N2O3. The molecule has 66 valence electrons. The molecule has 0 spiro atoms. The number of nitrogens with zero attached hydrogens (tertiary/aromatic N) is 2. The molecule has 13 heavy (non-hydrogen) atoms. The molecule has 1 aromatic carbocycles. The van der Waals surface area contributed by atoms with Crippen LogP contribution in [0, 0.1) is 0 Å². The molecule has 2 rings (SSSR count). The van der Waals surface area contributed by atoms with Crippen molar-refractivity contribution in [1.82, 2.24) is 9.78 Å². The minimum atomic E-state index is -1.17. The predicted molar refractivity (Wildman–Crippen MR) is 44.8 cm³/mol. The first-order chi connectivity index (χ1) is 6.18. The van der Waals surface area contributed by atoms with E-state index < -0.39 is 6.09 Å². The second-order valence-corrected chi connectivity index (χ2v) is 2.58. The van der Waals surface area contributed by atoms with Gasteiger partial charge in [-0.2, -0.15) is 9.78 Å². The van der Waals surface area contributed by atoms with Gasteiger partial charge >= 0.3 is 6.09 Å². The fourth-order valence-electron chi connectivity index (χ4n) is 1.16. The molecule has 0 atom stereocenters. The van der Waals surface area contributed by atoms with Crippen molar-refractivity contribution in [3.63, 3.8) is 0 Å². The Hall–Kier alpha value is -2.04. The molecule has 1 heterocycles. The smallest absolute Gasteiger partial charge is 0.432 e. The van der Waals surface area contributed by atoms with Crippen molar-refractivity contribution in [2.24, 2.45) is 0 Å². The Bertz CT molecular complexity index is 475. The summed E-state index contributed by atoms with van der Waals surface area (Å²) in [7, 11) is 0. The zero-order valence-electron chi connectivity index (χ0n) is 6.51. The van der Waals surface area contributed by atoms with Gasteiger partial charge in [0.2, 0.25) is 0 Å². The monoisotopic (exact) mass is 178 g/mol. The number of carboxylic acid groups (broad SMARTS) is 1. The number of aromatic nitrogens is 2. The Labute approximate surface area is 72.8 Å². The third kappa shape index (κ3) is 1.10. The average Bonchev–Trinajstić information content (AvgIpc) is 2.46. The van der Waals surface area contributed by atoms with Gasteiger partial charge in [-0.3, -0.25) is 0 Å². The molecule has 0 radical (unpaired) electrons. The molecule has 5 heteroatoms. The molecule has 0 aliphatic carbocycles. The van der Waals surface area contributed by atoms with Gasteiger partial charge in [-0.1, -0.05) is 0 Å². The minimum Gasteiger partial charge on any atom is -0.508 e. The van der Waals surface area contributed by atoms with Crippen molar-refractivity contribution in [1.29, 1.82) is 0 Å². The number of phenolic OH excluding ortho intramolecular Hbond substituents is 1. The highest BCUT2D eigenvalue weighted by Crippen LogP contribution is 2.18. The molecule has 0 unspecified atom stereocenters. The summed E-state index contributed by atoms with van der Waals surface area (Å²) in [6.07, 6.45) is 0.267. The lowest BCUT2D eigenvalue weighted by Crippen LogP contribution is -2.08.